The van der Waals surface area contributed by atoms with Gasteiger partial charge in [-0.25, -0.2) is 14.3 Å². The van der Waals surface area contributed by atoms with E-state index in [1.165, 1.54) is 19.2 Å². The standard InChI is InChI=1S/C19H16N4O6/c1-29-12-8-6-11(7-9-12)20-19(28)21-15(24)10-23-17(25)14-5-3-2-4-13(14)16(22-23)18(26)27/h2-9H,10H2,1H3,(H,26,27)(H2,20,21,24,28). The fraction of sp³-hybridized carbons (Fsp3) is 0.105. The van der Waals surface area contributed by atoms with E-state index in [0.717, 1.165) is 0 Å². The number of amides is 3. The van der Waals surface area contributed by atoms with Crippen LogP contribution in [0.3, 0.4) is 0 Å². The number of hydrogen-bond acceptors (Lipinski definition) is 6. The zero-order chi connectivity index (χ0) is 21.0. The van der Waals surface area contributed by atoms with Crippen molar-refractivity contribution in [1.82, 2.24) is 15.1 Å². The van der Waals surface area contributed by atoms with Crippen molar-refractivity contribution in [2.75, 3.05) is 12.4 Å². The van der Waals surface area contributed by atoms with Crippen LogP contribution in [0, 0.1) is 0 Å². The molecule has 3 rings (SSSR count). The van der Waals surface area contributed by atoms with Gasteiger partial charge in [0.15, 0.2) is 5.69 Å². The molecule has 0 fully saturated rings. The Bertz CT molecular complexity index is 1150. The predicted molar refractivity (Wildman–Crippen MR) is 103 cm³/mol. The second-order valence-corrected chi connectivity index (χ2v) is 5.89. The Morgan fingerprint density at radius 2 is 1.72 bits per heavy atom. The smallest absolute Gasteiger partial charge is 0.357 e. The maximum Gasteiger partial charge on any atom is 0.357 e. The molecular formula is C19H16N4O6. The average Bonchev–Trinajstić information content (AvgIpc) is 2.70. The molecule has 0 aliphatic heterocycles. The molecule has 3 aromatic rings. The minimum absolute atomic E-state index is 0.107. The Morgan fingerprint density at radius 3 is 2.34 bits per heavy atom. The number of benzene rings is 2. The molecule has 10 nitrogen and oxygen atoms in total. The summed E-state index contributed by atoms with van der Waals surface area (Å²) in [5, 5.41) is 17.9. The van der Waals surface area contributed by atoms with E-state index in [2.05, 4.69) is 15.7 Å². The number of aromatic carboxylic acids is 1. The summed E-state index contributed by atoms with van der Waals surface area (Å²) in [7, 11) is 1.51. The van der Waals surface area contributed by atoms with Crippen molar-refractivity contribution < 1.29 is 24.2 Å². The van der Waals surface area contributed by atoms with Crippen LogP contribution in [0.5, 0.6) is 5.75 Å². The number of imide groups is 1. The van der Waals surface area contributed by atoms with E-state index in [1.54, 1.807) is 36.4 Å². The maximum atomic E-state index is 12.5. The van der Waals surface area contributed by atoms with Gasteiger partial charge in [0.2, 0.25) is 5.91 Å². The van der Waals surface area contributed by atoms with E-state index >= 15 is 0 Å². The molecule has 3 N–H and O–H groups in total. The third kappa shape index (κ3) is 4.38. The van der Waals surface area contributed by atoms with E-state index in [-0.39, 0.29) is 16.5 Å². The summed E-state index contributed by atoms with van der Waals surface area (Å²) >= 11 is 0. The summed E-state index contributed by atoms with van der Waals surface area (Å²) < 4.78 is 5.72. The number of urea groups is 1. The van der Waals surface area contributed by atoms with E-state index in [9.17, 15) is 24.3 Å². The number of carbonyl (C=O) groups is 3. The van der Waals surface area contributed by atoms with Crippen molar-refractivity contribution in [3.8, 4) is 5.75 Å². The zero-order valence-electron chi connectivity index (χ0n) is 15.2. The Labute approximate surface area is 163 Å². The van der Waals surface area contributed by atoms with Crippen molar-refractivity contribution in [3.05, 3.63) is 64.6 Å². The van der Waals surface area contributed by atoms with E-state index < -0.39 is 30.0 Å². The SMILES string of the molecule is COc1ccc(NC(=O)NC(=O)Cn2nc(C(=O)O)c3ccccc3c2=O)cc1. The van der Waals surface area contributed by atoms with Gasteiger partial charge >= 0.3 is 12.0 Å². The van der Waals surface area contributed by atoms with E-state index in [0.29, 0.717) is 16.1 Å². The number of methoxy groups -OCH3 is 1. The highest BCUT2D eigenvalue weighted by Crippen LogP contribution is 2.15. The summed E-state index contributed by atoms with van der Waals surface area (Å²) in [6.07, 6.45) is 0. The number of carboxylic acid groups (broad SMARTS) is 1. The second-order valence-electron chi connectivity index (χ2n) is 5.89. The third-order valence-electron chi connectivity index (χ3n) is 3.96. The molecular weight excluding hydrogens is 380 g/mol. The fourth-order valence-electron chi connectivity index (χ4n) is 2.64. The summed E-state index contributed by atoms with van der Waals surface area (Å²) in [5.74, 6) is -1.58. The average molecular weight is 396 g/mol. The van der Waals surface area contributed by atoms with Crippen molar-refractivity contribution >= 4 is 34.4 Å². The lowest BCUT2D eigenvalue weighted by molar-refractivity contribution is -0.120. The van der Waals surface area contributed by atoms with Crippen molar-refractivity contribution in [2.24, 2.45) is 0 Å². The molecule has 148 valence electrons. The molecule has 1 heterocycles. The van der Waals surface area contributed by atoms with Crippen LogP contribution in [-0.4, -0.2) is 39.9 Å². The molecule has 10 heteroatoms. The van der Waals surface area contributed by atoms with Gasteiger partial charge in [0.05, 0.1) is 12.5 Å². The normalized spacial score (nSPS) is 10.4. The van der Waals surface area contributed by atoms with Gasteiger partial charge in [-0.3, -0.25) is 14.9 Å². The molecule has 0 aliphatic carbocycles. The first-order valence-corrected chi connectivity index (χ1v) is 8.37. The van der Waals surface area contributed by atoms with E-state index in [4.69, 9.17) is 4.74 Å². The number of nitrogens with zero attached hydrogens (tertiary/aromatic N) is 2. The van der Waals surface area contributed by atoms with Gasteiger partial charge in [-0.05, 0) is 30.3 Å². The van der Waals surface area contributed by atoms with Crippen LogP contribution < -0.4 is 20.9 Å². The lowest BCUT2D eigenvalue weighted by Gasteiger charge is -2.10. The monoisotopic (exact) mass is 396 g/mol. The van der Waals surface area contributed by atoms with Crippen molar-refractivity contribution in [2.45, 2.75) is 6.54 Å². The summed E-state index contributed by atoms with van der Waals surface area (Å²) in [6.45, 7) is -0.625. The van der Waals surface area contributed by atoms with Gasteiger partial charge in [-0.1, -0.05) is 18.2 Å². The van der Waals surface area contributed by atoms with Crippen LogP contribution in [-0.2, 0) is 11.3 Å². The largest absolute Gasteiger partial charge is 0.497 e. The van der Waals surface area contributed by atoms with Crippen LogP contribution in [0.4, 0.5) is 10.5 Å². The Hall–Kier alpha value is -4.21. The molecule has 0 bridgehead atoms. The number of carboxylic acids is 1. The molecule has 0 unspecified atom stereocenters. The lowest BCUT2D eigenvalue weighted by atomic mass is 10.1. The quantitative estimate of drug-likeness (QED) is 0.593. The number of carbonyl (C=O) groups excluding carboxylic acids is 2. The highest BCUT2D eigenvalue weighted by molar-refractivity contribution is 6.02. The first-order valence-electron chi connectivity index (χ1n) is 8.37. The van der Waals surface area contributed by atoms with Crippen LogP contribution in [0.1, 0.15) is 10.5 Å². The van der Waals surface area contributed by atoms with Gasteiger partial charge < -0.3 is 15.2 Å². The van der Waals surface area contributed by atoms with Crippen LogP contribution in [0.15, 0.2) is 53.3 Å². The third-order valence-corrected chi connectivity index (χ3v) is 3.96. The van der Waals surface area contributed by atoms with Crippen LogP contribution in [0.25, 0.3) is 10.8 Å². The van der Waals surface area contributed by atoms with Crippen LogP contribution >= 0.6 is 0 Å². The van der Waals surface area contributed by atoms with Gasteiger partial charge in [0.25, 0.3) is 5.56 Å². The highest BCUT2D eigenvalue weighted by atomic mass is 16.5. The summed E-state index contributed by atoms with van der Waals surface area (Å²) in [4.78, 5) is 48.0. The molecule has 2 aromatic carbocycles. The lowest BCUT2D eigenvalue weighted by Crippen LogP contribution is -2.39. The Morgan fingerprint density at radius 1 is 1.07 bits per heavy atom. The topological polar surface area (TPSA) is 140 Å². The first-order chi connectivity index (χ1) is 13.9. The minimum atomic E-state index is -1.34. The number of hydrogen-bond donors (Lipinski definition) is 3. The fourth-order valence-corrected chi connectivity index (χ4v) is 2.64. The number of rotatable bonds is 5. The number of fused-ring (bicyclic) bond motifs is 1. The summed E-state index contributed by atoms with van der Waals surface area (Å²) in [5.41, 5.74) is -0.586. The molecule has 0 atom stereocenters. The predicted octanol–water partition coefficient (Wildman–Crippen LogP) is 1.45. The van der Waals surface area contributed by atoms with Gasteiger partial charge in [-0.15, -0.1) is 0 Å². The molecule has 0 spiro atoms. The molecule has 3 amide bonds. The number of nitrogens with one attached hydrogen (secondary N) is 2. The van der Waals surface area contributed by atoms with Crippen LogP contribution in [0.2, 0.25) is 0 Å². The highest BCUT2D eigenvalue weighted by Gasteiger charge is 2.17. The number of ether oxygens (including phenoxy) is 1. The number of aromatic nitrogens is 2. The molecule has 1 aromatic heterocycles. The Balaban J connectivity index is 1.75. The molecule has 29 heavy (non-hydrogen) atoms. The summed E-state index contributed by atoms with van der Waals surface area (Å²) in [6, 6.07) is 11.7. The zero-order valence-corrected chi connectivity index (χ0v) is 15.2. The van der Waals surface area contributed by atoms with Crippen molar-refractivity contribution in [3.63, 3.8) is 0 Å². The van der Waals surface area contributed by atoms with Gasteiger partial charge in [-0.2, -0.15) is 5.10 Å². The van der Waals surface area contributed by atoms with Gasteiger partial charge in [0, 0.05) is 11.1 Å². The Kier molecular flexibility index (Phi) is 5.54. The molecule has 0 saturated heterocycles. The molecule has 0 saturated carbocycles. The molecule has 0 radical (unpaired) electrons. The minimum Gasteiger partial charge on any atom is -0.497 e. The second kappa shape index (κ2) is 8.21. The number of anilines is 1. The van der Waals surface area contributed by atoms with E-state index in [1.807, 2.05) is 0 Å². The van der Waals surface area contributed by atoms with Gasteiger partial charge in [0.1, 0.15) is 12.3 Å². The first kappa shape index (κ1) is 19.5. The maximum absolute atomic E-state index is 12.5. The molecule has 0 aliphatic rings. The van der Waals surface area contributed by atoms with Crippen molar-refractivity contribution in [1.29, 1.82) is 0 Å².